The lowest BCUT2D eigenvalue weighted by Gasteiger charge is -2.07. The number of amides is 1. The van der Waals surface area contributed by atoms with E-state index in [1.165, 1.54) is 12.3 Å². The molecule has 0 aliphatic rings. The maximum Gasteiger partial charge on any atom is 0.266 e. The van der Waals surface area contributed by atoms with Crippen molar-refractivity contribution in [3.8, 4) is 11.8 Å². The molecule has 0 aliphatic carbocycles. The van der Waals surface area contributed by atoms with Gasteiger partial charge in [-0.3, -0.25) is 9.78 Å². The number of benzene rings is 2. The van der Waals surface area contributed by atoms with Gasteiger partial charge in [-0.15, -0.1) is 0 Å². The number of hydrogen-bond donors (Lipinski definition) is 1. The fraction of sp³-hybridized carbons (Fsp3) is 0.0455. The molecule has 0 unspecified atom stereocenters. The molecule has 0 saturated carbocycles. The van der Waals surface area contributed by atoms with Gasteiger partial charge in [0.25, 0.3) is 5.91 Å². The predicted octanol–water partition coefficient (Wildman–Crippen LogP) is 4.21. The van der Waals surface area contributed by atoms with Crippen molar-refractivity contribution in [3.63, 3.8) is 0 Å². The van der Waals surface area contributed by atoms with Gasteiger partial charge in [0.05, 0.1) is 11.9 Å². The number of ether oxygens (including phenoxy) is 1. The first-order chi connectivity index (χ1) is 13.2. The Labute approximate surface area is 157 Å². The van der Waals surface area contributed by atoms with E-state index in [4.69, 9.17) is 4.74 Å². The molecule has 0 radical (unpaired) electrons. The highest BCUT2D eigenvalue weighted by Gasteiger charge is 2.09. The lowest BCUT2D eigenvalue weighted by atomic mass is 10.1. The molecule has 0 aliphatic heterocycles. The Morgan fingerprint density at radius 2 is 1.85 bits per heavy atom. The molecule has 5 heteroatoms. The van der Waals surface area contributed by atoms with Crippen molar-refractivity contribution in [2.75, 3.05) is 5.32 Å². The molecule has 0 fully saturated rings. The molecule has 1 heterocycles. The molecule has 2 aromatic carbocycles. The van der Waals surface area contributed by atoms with Gasteiger partial charge in [-0.1, -0.05) is 42.5 Å². The molecular weight excluding hydrogens is 338 g/mol. The Hall–Kier alpha value is -3.91. The van der Waals surface area contributed by atoms with Gasteiger partial charge < -0.3 is 10.1 Å². The third kappa shape index (κ3) is 5.28. The molecular formula is C22H17N3O2. The van der Waals surface area contributed by atoms with Gasteiger partial charge in [-0.05, 0) is 41.5 Å². The smallest absolute Gasteiger partial charge is 0.266 e. The van der Waals surface area contributed by atoms with Crippen LogP contribution in [0.1, 0.15) is 11.1 Å². The zero-order valence-corrected chi connectivity index (χ0v) is 14.5. The van der Waals surface area contributed by atoms with Crippen molar-refractivity contribution in [2.24, 2.45) is 0 Å². The zero-order valence-electron chi connectivity index (χ0n) is 14.5. The van der Waals surface area contributed by atoms with Crippen LogP contribution in [0, 0.1) is 11.3 Å². The van der Waals surface area contributed by atoms with Gasteiger partial charge in [-0.25, -0.2) is 0 Å². The molecule has 0 bridgehead atoms. The lowest BCUT2D eigenvalue weighted by molar-refractivity contribution is -0.112. The molecule has 1 N–H and O–H groups in total. The minimum absolute atomic E-state index is 0.0109. The summed E-state index contributed by atoms with van der Waals surface area (Å²) < 4.78 is 5.73. The van der Waals surface area contributed by atoms with Crippen LogP contribution in [0.4, 0.5) is 5.69 Å². The summed E-state index contributed by atoms with van der Waals surface area (Å²) in [6, 6.07) is 22.4. The Bertz CT molecular complexity index is 960. The predicted molar refractivity (Wildman–Crippen MR) is 104 cm³/mol. The van der Waals surface area contributed by atoms with Crippen molar-refractivity contribution >= 4 is 17.7 Å². The van der Waals surface area contributed by atoms with Crippen LogP contribution in [0.3, 0.4) is 0 Å². The zero-order chi connectivity index (χ0) is 18.9. The Kier molecular flexibility index (Phi) is 5.95. The van der Waals surface area contributed by atoms with Gasteiger partial charge >= 0.3 is 0 Å². The minimum Gasteiger partial charge on any atom is -0.489 e. The molecule has 27 heavy (non-hydrogen) atoms. The third-order valence-electron chi connectivity index (χ3n) is 3.72. The fourth-order valence-electron chi connectivity index (χ4n) is 2.35. The topological polar surface area (TPSA) is 75.0 Å². The van der Waals surface area contributed by atoms with Crippen LogP contribution in [-0.4, -0.2) is 10.9 Å². The summed E-state index contributed by atoms with van der Waals surface area (Å²) in [5.74, 6) is 0.240. The minimum atomic E-state index is -0.477. The van der Waals surface area contributed by atoms with Crippen LogP contribution < -0.4 is 10.1 Å². The number of nitrogens with one attached hydrogen (secondary N) is 1. The quantitative estimate of drug-likeness (QED) is 0.531. The van der Waals surface area contributed by atoms with Gasteiger partial charge in [0.1, 0.15) is 24.0 Å². The van der Waals surface area contributed by atoms with Crippen molar-refractivity contribution in [1.82, 2.24) is 4.98 Å². The number of pyridine rings is 1. The van der Waals surface area contributed by atoms with Crippen LogP contribution in [0.15, 0.2) is 84.7 Å². The number of anilines is 1. The Balaban J connectivity index is 1.64. The Morgan fingerprint density at radius 3 is 2.52 bits per heavy atom. The maximum absolute atomic E-state index is 12.2. The number of nitrogens with zero attached hydrogens (tertiary/aromatic N) is 2. The molecule has 3 aromatic rings. The second kappa shape index (κ2) is 8.97. The average Bonchev–Trinajstić information content (AvgIpc) is 2.73. The second-order valence-corrected chi connectivity index (χ2v) is 5.71. The summed E-state index contributed by atoms with van der Waals surface area (Å²) in [4.78, 5) is 16.1. The van der Waals surface area contributed by atoms with Crippen molar-refractivity contribution in [3.05, 3.63) is 95.8 Å². The van der Waals surface area contributed by atoms with E-state index in [0.717, 1.165) is 11.1 Å². The highest BCUT2D eigenvalue weighted by molar-refractivity contribution is 6.09. The molecule has 0 spiro atoms. The van der Waals surface area contributed by atoms with Crippen molar-refractivity contribution in [1.29, 1.82) is 5.26 Å². The first-order valence-electron chi connectivity index (χ1n) is 8.34. The monoisotopic (exact) mass is 355 g/mol. The van der Waals surface area contributed by atoms with E-state index in [1.807, 2.05) is 48.5 Å². The van der Waals surface area contributed by atoms with Gasteiger partial charge in [-0.2, -0.15) is 5.26 Å². The normalized spacial score (nSPS) is 10.7. The van der Waals surface area contributed by atoms with E-state index in [-0.39, 0.29) is 5.57 Å². The summed E-state index contributed by atoms with van der Waals surface area (Å²) in [7, 11) is 0. The summed E-state index contributed by atoms with van der Waals surface area (Å²) in [6.45, 7) is 0.479. The maximum atomic E-state index is 12.2. The second-order valence-electron chi connectivity index (χ2n) is 5.71. The number of aromatic nitrogens is 1. The number of carbonyl (C=O) groups excluding carboxylic acids is 1. The number of carbonyl (C=O) groups is 1. The summed E-state index contributed by atoms with van der Waals surface area (Å²) in [6.07, 6.45) is 4.66. The molecule has 0 saturated heterocycles. The average molecular weight is 355 g/mol. The van der Waals surface area contributed by atoms with Crippen LogP contribution in [-0.2, 0) is 11.4 Å². The SMILES string of the molecule is N#CC(=Cc1ccc(OCc2ccccc2)cc1)C(=O)Nc1cccnc1. The molecule has 5 nitrogen and oxygen atoms in total. The molecule has 3 rings (SSSR count). The van der Waals surface area contributed by atoms with E-state index in [0.29, 0.717) is 18.0 Å². The number of hydrogen-bond acceptors (Lipinski definition) is 4. The number of nitriles is 1. The van der Waals surface area contributed by atoms with E-state index < -0.39 is 5.91 Å². The molecule has 1 aromatic heterocycles. The fourth-order valence-corrected chi connectivity index (χ4v) is 2.35. The van der Waals surface area contributed by atoms with E-state index >= 15 is 0 Å². The first kappa shape index (κ1) is 17.9. The van der Waals surface area contributed by atoms with E-state index in [1.54, 1.807) is 30.5 Å². The van der Waals surface area contributed by atoms with Crippen LogP contribution >= 0.6 is 0 Å². The van der Waals surface area contributed by atoms with Gasteiger partial charge in [0, 0.05) is 6.20 Å². The van der Waals surface area contributed by atoms with Gasteiger partial charge in [0.15, 0.2) is 0 Å². The highest BCUT2D eigenvalue weighted by Crippen LogP contribution is 2.17. The lowest BCUT2D eigenvalue weighted by Crippen LogP contribution is -2.13. The summed E-state index contributed by atoms with van der Waals surface area (Å²) in [5.41, 5.74) is 2.37. The van der Waals surface area contributed by atoms with Crippen molar-refractivity contribution in [2.45, 2.75) is 6.61 Å². The van der Waals surface area contributed by atoms with Crippen LogP contribution in [0.25, 0.3) is 6.08 Å². The molecule has 0 atom stereocenters. The standard InChI is InChI=1S/C22H17N3O2/c23-14-19(22(26)25-20-7-4-12-24-15-20)13-17-8-10-21(11-9-17)27-16-18-5-2-1-3-6-18/h1-13,15H,16H2,(H,25,26). The highest BCUT2D eigenvalue weighted by atomic mass is 16.5. The Morgan fingerprint density at radius 1 is 1.07 bits per heavy atom. The molecule has 1 amide bonds. The van der Waals surface area contributed by atoms with E-state index in [2.05, 4.69) is 10.3 Å². The van der Waals surface area contributed by atoms with Crippen molar-refractivity contribution < 1.29 is 9.53 Å². The largest absolute Gasteiger partial charge is 0.489 e. The summed E-state index contributed by atoms with van der Waals surface area (Å²) >= 11 is 0. The summed E-state index contributed by atoms with van der Waals surface area (Å²) in [5, 5.41) is 11.9. The van der Waals surface area contributed by atoms with Crippen LogP contribution in [0.5, 0.6) is 5.75 Å². The van der Waals surface area contributed by atoms with Crippen LogP contribution in [0.2, 0.25) is 0 Å². The molecule has 132 valence electrons. The third-order valence-corrected chi connectivity index (χ3v) is 3.72. The van der Waals surface area contributed by atoms with E-state index in [9.17, 15) is 10.1 Å². The number of rotatable bonds is 6. The first-order valence-corrected chi connectivity index (χ1v) is 8.34. The van der Waals surface area contributed by atoms with Gasteiger partial charge in [0.2, 0.25) is 0 Å².